The molecule has 1 unspecified atom stereocenters. The minimum Gasteiger partial charge on any atom is -0.393 e. The predicted molar refractivity (Wildman–Crippen MR) is 70.0 cm³/mol. The topological polar surface area (TPSA) is 70.5 Å². The lowest BCUT2D eigenvalue weighted by atomic mass is 9.93. The summed E-state index contributed by atoms with van der Waals surface area (Å²) in [5, 5.41) is 10.3. The van der Waals surface area contributed by atoms with E-state index in [-0.39, 0.29) is 12.0 Å². The maximum Gasteiger partial charge on any atom is 0.254 e. The number of nitrogens with zero attached hydrogens (tertiary/aromatic N) is 2. The Morgan fingerprint density at radius 3 is 2.56 bits per heavy atom. The van der Waals surface area contributed by atoms with E-state index in [9.17, 15) is 13.5 Å². The van der Waals surface area contributed by atoms with Crippen LogP contribution in [0.4, 0.5) is 0 Å². The van der Waals surface area contributed by atoms with Crippen LogP contribution in [0.2, 0.25) is 0 Å². The summed E-state index contributed by atoms with van der Waals surface area (Å²) in [5.41, 5.74) is 0. The molecule has 7 heteroatoms. The fraction of sp³-hybridized carbons (Fsp3) is 0.727. The molecule has 5 nitrogen and oxygen atoms in total. The molecule has 2 heterocycles. The van der Waals surface area contributed by atoms with Crippen LogP contribution >= 0.6 is 11.3 Å². The van der Waals surface area contributed by atoms with Crippen molar-refractivity contribution in [3.8, 4) is 0 Å². The molecule has 1 saturated heterocycles. The third-order valence-electron chi connectivity index (χ3n) is 3.38. The zero-order chi connectivity index (χ0) is 13.3. The average molecular weight is 290 g/mol. The van der Waals surface area contributed by atoms with Crippen LogP contribution in [0.5, 0.6) is 0 Å². The number of piperidine rings is 1. The highest BCUT2D eigenvalue weighted by Crippen LogP contribution is 2.27. The van der Waals surface area contributed by atoms with Gasteiger partial charge in [-0.2, -0.15) is 4.31 Å². The van der Waals surface area contributed by atoms with E-state index >= 15 is 0 Å². The van der Waals surface area contributed by atoms with Gasteiger partial charge in [0, 0.05) is 13.1 Å². The molecule has 1 aromatic heterocycles. The van der Waals surface area contributed by atoms with Gasteiger partial charge in [-0.3, -0.25) is 0 Å². The zero-order valence-electron chi connectivity index (χ0n) is 10.5. The van der Waals surface area contributed by atoms with Crippen LogP contribution in [0, 0.1) is 12.8 Å². The number of hydrogen-bond donors (Lipinski definition) is 1. The third kappa shape index (κ3) is 2.74. The molecule has 102 valence electrons. The largest absolute Gasteiger partial charge is 0.393 e. The molecule has 1 atom stereocenters. The smallest absolute Gasteiger partial charge is 0.254 e. The molecule has 1 N–H and O–H groups in total. The van der Waals surface area contributed by atoms with Crippen molar-refractivity contribution < 1.29 is 13.5 Å². The Hall–Kier alpha value is -0.500. The summed E-state index contributed by atoms with van der Waals surface area (Å²) in [5.74, 6) is 0.208. The fourth-order valence-electron chi connectivity index (χ4n) is 2.19. The highest BCUT2D eigenvalue weighted by Gasteiger charge is 2.31. The number of rotatable bonds is 3. The van der Waals surface area contributed by atoms with Crippen LogP contribution < -0.4 is 0 Å². The van der Waals surface area contributed by atoms with Gasteiger partial charge in [-0.15, -0.1) is 11.3 Å². The lowest BCUT2D eigenvalue weighted by Crippen LogP contribution is -2.40. The van der Waals surface area contributed by atoms with Gasteiger partial charge >= 0.3 is 0 Å². The van der Waals surface area contributed by atoms with E-state index in [1.54, 1.807) is 13.8 Å². The molecule has 1 aliphatic rings. The Morgan fingerprint density at radius 2 is 2.11 bits per heavy atom. The van der Waals surface area contributed by atoms with Crippen molar-refractivity contribution in [1.29, 1.82) is 0 Å². The summed E-state index contributed by atoms with van der Waals surface area (Å²) in [7, 11) is -3.38. The molecular formula is C11H18N2O3S2. The Morgan fingerprint density at radius 1 is 1.50 bits per heavy atom. The molecule has 0 amide bonds. The molecule has 0 bridgehead atoms. The fourth-order valence-corrected chi connectivity index (χ4v) is 4.92. The van der Waals surface area contributed by atoms with Gasteiger partial charge in [-0.05, 0) is 32.6 Å². The first kappa shape index (κ1) is 13.9. The van der Waals surface area contributed by atoms with Crippen LogP contribution in [-0.2, 0) is 10.0 Å². The van der Waals surface area contributed by atoms with Gasteiger partial charge in [-0.1, -0.05) is 0 Å². The molecule has 0 saturated carbocycles. The van der Waals surface area contributed by atoms with Crippen LogP contribution in [0.15, 0.2) is 10.4 Å². The molecule has 1 fully saturated rings. The van der Waals surface area contributed by atoms with Gasteiger partial charge in [-0.25, -0.2) is 13.4 Å². The first-order valence-electron chi connectivity index (χ1n) is 6.02. The second-order valence-corrected chi connectivity index (χ2v) is 8.08. The average Bonchev–Trinajstić information content (AvgIpc) is 2.76. The highest BCUT2D eigenvalue weighted by molar-refractivity contribution is 7.91. The van der Waals surface area contributed by atoms with Crippen LogP contribution in [0.3, 0.4) is 0 Å². The maximum atomic E-state index is 12.3. The lowest BCUT2D eigenvalue weighted by Gasteiger charge is -2.31. The first-order valence-corrected chi connectivity index (χ1v) is 8.27. The van der Waals surface area contributed by atoms with E-state index in [4.69, 9.17) is 0 Å². The summed E-state index contributed by atoms with van der Waals surface area (Å²) in [4.78, 5) is 3.99. The van der Waals surface area contributed by atoms with E-state index in [2.05, 4.69) is 4.98 Å². The van der Waals surface area contributed by atoms with Crippen molar-refractivity contribution in [2.45, 2.75) is 37.0 Å². The minimum absolute atomic E-state index is 0.208. The van der Waals surface area contributed by atoms with Gasteiger partial charge in [0.2, 0.25) is 0 Å². The predicted octanol–water partition coefficient (Wildman–Crippen LogP) is 1.23. The molecule has 0 aromatic carbocycles. The molecular weight excluding hydrogens is 272 g/mol. The van der Waals surface area contributed by atoms with Crippen molar-refractivity contribution in [1.82, 2.24) is 9.29 Å². The minimum atomic E-state index is -3.38. The van der Waals surface area contributed by atoms with Crippen molar-refractivity contribution in [3.05, 3.63) is 11.2 Å². The number of aliphatic hydroxyl groups excluding tert-OH is 1. The number of aromatic nitrogens is 1. The van der Waals surface area contributed by atoms with Gasteiger partial charge in [0.05, 0.1) is 17.3 Å². The number of aryl methyl sites for hydroxylation is 1. The Bertz CT molecular complexity index is 502. The molecule has 0 spiro atoms. The van der Waals surface area contributed by atoms with E-state index in [1.807, 2.05) is 0 Å². The number of hydrogen-bond acceptors (Lipinski definition) is 5. The second kappa shape index (κ2) is 5.24. The van der Waals surface area contributed by atoms with Crippen LogP contribution in [0.1, 0.15) is 24.8 Å². The first-order chi connectivity index (χ1) is 8.41. The molecule has 0 aliphatic carbocycles. The van der Waals surface area contributed by atoms with E-state index < -0.39 is 10.0 Å². The normalized spacial score (nSPS) is 21.1. The van der Waals surface area contributed by atoms with E-state index in [0.29, 0.717) is 30.1 Å². The Balaban J connectivity index is 2.09. The molecule has 1 aliphatic heterocycles. The Kier molecular flexibility index (Phi) is 4.05. The lowest BCUT2D eigenvalue weighted by molar-refractivity contribution is 0.0912. The van der Waals surface area contributed by atoms with Crippen molar-refractivity contribution in [2.24, 2.45) is 5.92 Å². The zero-order valence-corrected chi connectivity index (χ0v) is 12.2. The standard InChI is InChI=1S/C11H18N2O3S2/c1-8(14)10-3-5-13(6-4-10)18(15,16)11-7-12-9(2)17-11/h7-8,10,14H,3-6H2,1-2H3. The Labute approximate surface area is 112 Å². The van der Waals surface area contributed by atoms with Gasteiger partial charge in [0.15, 0.2) is 4.21 Å². The molecule has 1 aromatic rings. The maximum absolute atomic E-state index is 12.3. The van der Waals surface area contributed by atoms with Crippen molar-refractivity contribution >= 4 is 21.4 Å². The number of sulfonamides is 1. The van der Waals surface area contributed by atoms with Crippen molar-refractivity contribution in [2.75, 3.05) is 13.1 Å². The van der Waals surface area contributed by atoms with Gasteiger partial charge in [0.1, 0.15) is 0 Å². The SMILES string of the molecule is Cc1ncc(S(=O)(=O)N2CCC(C(C)O)CC2)s1. The van der Waals surface area contributed by atoms with Crippen LogP contribution in [0.25, 0.3) is 0 Å². The summed E-state index contributed by atoms with van der Waals surface area (Å²) < 4.78 is 26.4. The molecule has 18 heavy (non-hydrogen) atoms. The van der Waals surface area contributed by atoms with E-state index in [0.717, 1.165) is 5.01 Å². The molecule has 2 rings (SSSR count). The quantitative estimate of drug-likeness (QED) is 0.909. The number of aliphatic hydroxyl groups is 1. The molecule has 0 radical (unpaired) electrons. The second-order valence-electron chi connectivity index (χ2n) is 4.68. The van der Waals surface area contributed by atoms with Gasteiger partial charge < -0.3 is 5.11 Å². The van der Waals surface area contributed by atoms with Gasteiger partial charge in [0.25, 0.3) is 10.0 Å². The van der Waals surface area contributed by atoms with E-state index in [1.165, 1.54) is 21.8 Å². The third-order valence-corrected chi connectivity index (χ3v) is 6.62. The summed E-state index contributed by atoms with van der Waals surface area (Å²) in [6, 6.07) is 0. The van der Waals surface area contributed by atoms with Crippen LogP contribution in [-0.4, -0.2) is 42.0 Å². The number of thiazole rings is 1. The monoisotopic (exact) mass is 290 g/mol. The highest BCUT2D eigenvalue weighted by atomic mass is 32.2. The summed E-state index contributed by atoms with van der Waals surface area (Å²) in [6.07, 6.45) is 2.50. The van der Waals surface area contributed by atoms with Crippen molar-refractivity contribution in [3.63, 3.8) is 0 Å². The summed E-state index contributed by atoms with van der Waals surface area (Å²) >= 11 is 1.21. The summed E-state index contributed by atoms with van der Waals surface area (Å²) in [6.45, 7) is 4.52.